The molecule has 1 aliphatic heterocycles. The van der Waals surface area contributed by atoms with E-state index in [1.54, 1.807) is 12.1 Å². The lowest BCUT2D eigenvalue weighted by atomic mass is 9.90. The summed E-state index contributed by atoms with van der Waals surface area (Å²) in [5, 5.41) is 15.0. The number of aliphatic hydroxyl groups excluding tert-OH is 1. The van der Waals surface area contributed by atoms with Crippen molar-refractivity contribution in [1.29, 1.82) is 0 Å². The van der Waals surface area contributed by atoms with E-state index in [1.165, 1.54) is 24.3 Å². The van der Waals surface area contributed by atoms with Gasteiger partial charge < -0.3 is 19.0 Å². The van der Waals surface area contributed by atoms with Crippen LogP contribution in [0.4, 0.5) is 4.39 Å². The molecule has 1 saturated heterocycles. The Labute approximate surface area is 232 Å². The van der Waals surface area contributed by atoms with Crippen molar-refractivity contribution < 1.29 is 31.8 Å². The molecule has 0 radical (unpaired) electrons. The standard InChI is InChI=1S/C30H31FN2O6S/c31-25-16-20(15-24(17-25)23-12-14-38-28(34)18-23)19-37-13-4-7-27-33-29(21-5-2-1-3-6-21)30(39-27)22-8-10-26(11-9-22)40(32,35)36/h1-3,5-6,8-11,15-17,23,28,34H,4,7,12-14,18-19H2,(H2,32,35,36). The van der Waals surface area contributed by atoms with Crippen molar-refractivity contribution in [1.82, 2.24) is 4.98 Å². The fourth-order valence-corrected chi connectivity index (χ4v) is 5.36. The van der Waals surface area contributed by atoms with Crippen molar-refractivity contribution in [3.8, 4) is 22.6 Å². The molecule has 10 heteroatoms. The largest absolute Gasteiger partial charge is 0.440 e. The lowest BCUT2D eigenvalue weighted by molar-refractivity contribution is -0.129. The van der Waals surface area contributed by atoms with Crippen LogP contribution in [0.2, 0.25) is 0 Å². The summed E-state index contributed by atoms with van der Waals surface area (Å²) < 4.78 is 54.7. The van der Waals surface area contributed by atoms with Gasteiger partial charge >= 0.3 is 0 Å². The molecular weight excluding hydrogens is 535 g/mol. The Balaban J connectivity index is 1.23. The second-order valence-electron chi connectivity index (χ2n) is 9.82. The number of aliphatic hydroxyl groups is 1. The third-order valence-corrected chi connectivity index (χ3v) is 7.76. The minimum absolute atomic E-state index is 0.0187. The van der Waals surface area contributed by atoms with Gasteiger partial charge in [0.15, 0.2) is 17.9 Å². The quantitative estimate of drug-likeness (QED) is 0.254. The third-order valence-electron chi connectivity index (χ3n) is 6.83. The molecular formula is C30H31FN2O6S. The van der Waals surface area contributed by atoms with Gasteiger partial charge in [0.05, 0.1) is 18.1 Å². The zero-order valence-corrected chi connectivity index (χ0v) is 22.6. The zero-order valence-electron chi connectivity index (χ0n) is 21.8. The van der Waals surface area contributed by atoms with E-state index in [1.807, 2.05) is 36.4 Å². The lowest BCUT2D eigenvalue weighted by Gasteiger charge is -2.26. The summed E-state index contributed by atoms with van der Waals surface area (Å²) in [7, 11) is -3.81. The molecule has 1 fully saturated rings. The van der Waals surface area contributed by atoms with E-state index in [2.05, 4.69) is 0 Å². The third kappa shape index (κ3) is 7.01. The minimum atomic E-state index is -3.81. The lowest BCUT2D eigenvalue weighted by Crippen LogP contribution is -2.24. The fourth-order valence-electron chi connectivity index (χ4n) is 4.84. The van der Waals surface area contributed by atoms with Crippen LogP contribution < -0.4 is 5.14 Å². The van der Waals surface area contributed by atoms with E-state index in [-0.39, 0.29) is 23.2 Å². The first-order valence-corrected chi connectivity index (χ1v) is 14.7. The van der Waals surface area contributed by atoms with Gasteiger partial charge in [-0.3, -0.25) is 0 Å². The summed E-state index contributed by atoms with van der Waals surface area (Å²) in [5.41, 5.74) is 3.80. The number of benzene rings is 3. The van der Waals surface area contributed by atoms with Gasteiger partial charge in [-0.25, -0.2) is 22.9 Å². The highest BCUT2D eigenvalue weighted by Gasteiger charge is 2.23. The molecule has 1 aliphatic rings. The number of aryl methyl sites for hydroxylation is 1. The van der Waals surface area contributed by atoms with E-state index in [0.29, 0.717) is 55.4 Å². The maximum atomic E-state index is 14.3. The average molecular weight is 567 g/mol. The van der Waals surface area contributed by atoms with E-state index < -0.39 is 16.3 Å². The summed E-state index contributed by atoms with van der Waals surface area (Å²) in [5.74, 6) is 0.787. The number of halogens is 1. The van der Waals surface area contributed by atoms with Gasteiger partial charge in [-0.15, -0.1) is 0 Å². The molecule has 5 rings (SSSR count). The van der Waals surface area contributed by atoms with Crippen molar-refractivity contribution in [2.24, 2.45) is 5.14 Å². The summed E-state index contributed by atoms with van der Waals surface area (Å²) in [6.07, 6.45) is 1.51. The van der Waals surface area contributed by atoms with E-state index >= 15 is 0 Å². The van der Waals surface area contributed by atoms with Gasteiger partial charge in [0, 0.05) is 30.6 Å². The van der Waals surface area contributed by atoms with Gasteiger partial charge in [0.2, 0.25) is 10.0 Å². The van der Waals surface area contributed by atoms with Gasteiger partial charge in [-0.2, -0.15) is 0 Å². The van der Waals surface area contributed by atoms with Crippen LogP contribution in [0.15, 0.2) is 82.1 Å². The molecule has 2 heterocycles. The predicted octanol–water partition coefficient (Wildman–Crippen LogP) is 5.16. The van der Waals surface area contributed by atoms with Crippen LogP contribution in [0.3, 0.4) is 0 Å². The number of ether oxygens (including phenoxy) is 2. The summed E-state index contributed by atoms with van der Waals surface area (Å²) >= 11 is 0. The number of rotatable bonds is 10. The SMILES string of the molecule is NS(=O)(=O)c1ccc(-c2oc(CCCOCc3cc(F)cc(C4CCOC(O)C4)c3)nc2-c2ccccc2)cc1. The van der Waals surface area contributed by atoms with Crippen LogP contribution in [0.1, 0.15) is 42.2 Å². The Morgan fingerprint density at radius 2 is 1.82 bits per heavy atom. The molecule has 4 aromatic rings. The average Bonchev–Trinajstić information content (AvgIpc) is 3.37. The monoisotopic (exact) mass is 566 g/mol. The van der Waals surface area contributed by atoms with Crippen molar-refractivity contribution in [3.63, 3.8) is 0 Å². The first-order valence-electron chi connectivity index (χ1n) is 13.1. The molecule has 40 heavy (non-hydrogen) atoms. The number of sulfonamides is 1. The highest BCUT2D eigenvalue weighted by molar-refractivity contribution is 7.89. The van der Waals surface area contributed by atoms with Gasteiger partial charge in [-0.1, -0.05) is 36.4 Å². The van der Waals surface area contributed by atoms with Gasteiger partial charge in [0.25, 0.3) is 0 Å². The topological polar surface area (TPSA) is 125 Å². The van der Waals surface area contributed by atoms with E-state index in [0.717, 1.165) is 23.1 Å². The summed E-state index contributed by atoms with van der Waals surface area (Å²) in [6, 6.07) is 20.7. The van der Waals surface area contributed by atoms with Crippen LogP contribution >= 0.6 is 0 Å². The molecule has 210 valence electrons. The molecule has 2 atom stereocenters. The first kappa shape index (κ1) is 28.1. The molecule has 0 saturated carbocycles. The molecule has 3 N–H and O–H groups in total. The van der Waals surface area contributed by atoms with E-state index in [4.69, 9.17) is 24.0 Å². The molecule has 8 nitrogen and oxygen atoms in total. The number of hydrogen-bond donors (Lipinski definition) is 2. The predicted molar refractivity (Wildman–Crippen MR) is 147 cm³/mol. The number of oxazole rings is 1. The molecule has 0 amide bonds. The highest BCUT2D eigenvalue weighted by Crippen LogP contribution is 2.34. The number of aromatic nitrogens is 1. The van der Waals surface area contributed by atoms with Crippen molar-refractivity contribution in [2.75, 3.05) is 13.2 Å². The Bertz CT molecular complexity index is 1540. The summed E-state index contributed by atoms with van der Waals surface area (Å²) in [4.78, 5) is 4.74. The number of hydrogen-bond acceptors (Lipinski definition) is 7. The number of nitrogens with two attached hydrogens (primary N) is 1. The molecule has 2 unspecified atom stereocenters. The van der Waals surface area contributed by atoms with Gasteiger partial charge in [0.1, 0.15) is 11.5 Å². The highest BCUT2D eigenvalue weighted by atomic mass is 32.2. The Morgan fingerprint density at radius 1 is 1.05 bits per heavy atom. The molecule has 0 aliphatic carbocycles. The van der Waals surface area contributed by atoms with Crippen LogP contribution in [-0.4, -0.2) is 38.0 Å². The minimum Gasteiger partial charge on any atom is -0.440 e. The maximum absolute atomic E-state index is 14.3. The molecule has 3 aromatic carbocycles. The van der Waals surface area contributed by atoms with Crippen LogP contribution in [0.5, 0.6) is 0 Å². The summed E-state index contributed by atoms with van der Waals surface area (Å²) in [6.45, 7) is 1.13. The Kier molecular flexibility index (Phi) is 8.72. The second kappa shape index (κ2) is 12.4. The first-order chi connectivity index (χ1) is 19.3. The Morgan fingerprint density at radius 3 is 2.55 bits per heavy atom. The van der Waals surface area contributed by atoms with Crippen molar-refractivity contribution in [3.05, 3.63) is 95.6 Å². The molecule has 0 bridgehead atoms. The fraction of sp³-hybridized carbons (Fsp3) is 0.300. The van der Waals surface area contributed by atoms with Crippen LogP contribution in [0, 0.1) is 5.82 Å². The smallest absolute Gasteiger partial charge is 0.238 e. The van der Waals surface area contributed by atoms with Gasteiger partial charge in [-0.05, 0) is 66.3 Å². The molecule has 0 spiro atoms. The van der Waals surface area contributed by atoms with Crippen molar-refractivity contribution >= 4 is 10.0 Å². The zero-order chi connectivity index (χ0) is 28.1. The number of nitrogens with zero attached hydrogens (tertiary/aromatic N) is 1. The Hall–Kier alpha value is -3.41. The normalized spacial score (nSPS) is 17.7. The maximum Gasteiger partial charge on any atom is 0.238 e. The molecule has 1 aromatic heterocycles. The van der Waals surface area contributed by atoms with Crippen molar-refractivity contribution in [2.45, 2.75) is 49.4 Å². The van der Waals surface area contributed by atoms with Crippen LogP contribution in [-0.2, 0) is 32.5 Å². The number of primary sulfonamides is 1. The van der Waals surface area contributed by atoms with Crippen LogP contribution in [0.25, 0.3) is 22.6 Å². The van der Waals surface area contributed by atoms with E-state index in [9.17, 15) is 17.9 Å². The second-order valence-corrected chi connectivity index (χ2v) is 11.4.